The van der Waals surface area contributed by atoms with Crippen molar-refractivity contribution in [3.05, 3.63) is 11.4 Å². The molecule has 0 aromatic carbocycles. The minimum Gasteiger partial charge on any atom is -0.394 e. The number of aromatic nitrogens is 2. The lowest BCUT2D eigenvalue weighted by Crippen LogP contribution is -2.45. The predicted octanol–water partition coefficient (Wildman–Crippen LogP) is 1.94. The highest BCUT2D eigenvalue weighted by Crippen LogP contribution is 2.31. The van der Waals surface area contributed by atoms with Crippen molar-refractivity contribution in [2.45, 2.75) is 19.4 Å². The molecule has 0 amide bonds. The lowest BCUT2D eigenvalue weighted by atomic mass is 10.1. The number of aliphatic hydroxyl groups is 1. The molecule has 98 valence electrons. The molecule has 2 heterocycles. The maximum atomic E-state index is 9.48. The maximum absolute atomic E-state index is 9.48. The highest BCUT2D eigenvalue weighted by Gasteiger charge is 2.26. The van der Waals surface area contributed by atoms with E-state index in [9.17, 15) is 5.11 Å². The summed E-state index contributed by atoms with van der Waals surface area (Å²) >= 11 is 1.59. The van der Waals surface area contributed by atoms with E-state index in [1.807, 2.05) is 37.2 Å². The third-order valence-corrected chi connectivity index (χ3v) is 3.95. The second kappa shape index (κ2) is 4.70. The molecular weight excluding hydrogens is 248 g/mol. The van der Waals surface area contributed by atoms with Gasteiger partial charge in [-0.3, -0.25) is 0 Å². The number of hydrogen-bond acceptors (Lipinski definition) is 6. The Hall–Kier alpha value is -1.40. The Balaban J connectivity index is 2.58. The zero-order chi connectivity index (χ0) is 13.3. The van der Waals surface area contributed by atoms with Gasteiger partial charge in [-0.15, -0.1) is 11.3 Å². The molecule has 18 heavy (non-hydrogen) atoms. The average Bonchev–Trinajstić information content (AvgIpc) is 2.84. The van der Waals surface area contributed by atoms with E-state index in [0.29, 0.717) is 5.95 Å². The van der Waals surface area contributed by atoms with Gasteiger partial charge >= 0.3 is 0 Å². The lowest BCUT2D eigenvalue weighted by Gasteiger charge is -2.35. The van der Waals surface area contributed by atoms with Gasteiger partial charge in [-0.05, 0) is 25.3 Å². The molecule has 2 N–H and O–H groups in total. The average molecular weight is 266 g/mol. The van der Waals surface area contributed by atoms with Gasteiger partial charge in [-0.25, -0.2) is 4.98 Å². The summed E-state index contributed by atoms with van der Waals surface area (Å²) in [4.78, 5) is 11.9. The Bertz CT molecular complexity index is 552. The first-order valence-electron chi connectivity index (χ1n) is 5.77. The first-order valence-corrected chi connectivity index (χ1v) is 6.65. The van der Waals surface area contributed by atoms with Gasteiger partial charge in [0.05, 0.1) is 17.5 Å². The van der Waals surface area contributed by atoms with Crippen LogP contribution in [0, 0.1) is 0 Å². The van der Waals surface area contributed by atoms with Crippen LogP contribution in [0.3, 0.4) is 0 Å². The van der Waals surface area contributed by atoms with Crippen LogP contribution in [0.15, 0.2) is 11.4 Å². The van der Waals surface area contributed by atoms with E-state index in [-0.39, 0.29) is 12.1 Å². The first-order chi connectivity index (χ1) is 8.49. The van der Waals surface area contributed by atoms with Crippen molar-refractivity contribution >= 4 is 33.3 Å². The molecule has 2 aromatic rings. The summed E-state index contributed by atoms with van der Waals surface area (Å²) in [5, 5.41) is 15.5. The molecule has 0 aliphatic rings. The summed E-state index contributed by atoms with van der Waals surface area (Å²) in [6, 6.07) is 2.01. The lowest BCUT2D eigenvalue weighted by molar-refractivity contribution is 0.216. The molecule has 2 rings (SSSR count). The Morgan fingerprint density at radius 3 is 2.78 bits per heavy atom. The zero-order valence-corrected chi connectivity index (χ0v) is 11.9. The molecule has 0 bridgehead atoms. The smallest absolute Gasteiger partial charge is 0.225 e. The summed E-state index contributed by atoms with van der Waals surface area (Å²) in [6.45, 7) is 4.02. The van der Waals surface area contributed by atoms with Crippen LogP contribution in [0.5, 0.6) is 0 Å². The third-order valence-electron chi connectivity index (χ3n) is 3.14. The molecule has 0 aliphatic heterocycles. The fourth-order valence-electron chi connectivity index (χ4n) is 1.60. The molecular formula is C12H18N4OS. The second-order valence-electron chi connectivity index (χ2n) is 4.79. The van der Waals surface area contributed by atoms with Crippen molar-refractivity contribution in [3.8, 4) is 0 Å². The number of hydrogen-bond donors (Lipinski definition) is 2. The quantitative estimate of drug-likeness (QED) is 0.885. The van der Waals surface area contributed by atoms with Crippen molar-refractivity contribution in [2.24, 2.45) is 0 Å². The number of nitrogens with one attached hydrogen (secondary N) is 1. The zero-order valence-electron chi connectivity index (χ0n) is 11.1. The monoisotopic (exact) mass is 266 g/mol. The van der Waals surface area contributed by atoms with Crippen LogP contribution in [0.4, 0.5) is 11.8 Å². The van der Waals surface area contributed by atoms with Crippen molar-refractivity contribution in [1.29, 1.82) is 0 Å². The van der Waals surface area contributed by atoms with E-state index in [0.717, 1.165) is 16.0 Å². The number of thiophene rings is 1. The van der Waals surface area contributed by atoms with E-state index in [2.05, 4.69) is 15.3 Å². The molecule has 0 fully saturated rings. The Kier molecular flexibility index (Phi) is 3.41. The summed E-state index contributed by atoms with van der Waals surface area (Å²) in [5.41, 5.74) is -0.367. The van der Waals surface area contributed by atoms with Crippen molar-refractivity contribution in [2.75, 3.05) is 30.9 Å². The second-order valence-corrected chi connectivity index (χ2v) is 5.68. The normalized spacial score (nSPS) is 11.8. The topological polar surface area (TPSA) is 61.3 Å². The SMILES string of the molecule is CNc1nc(N(C)C(C)(C)CO)c2ccsc2n1. The van der Waals surface area contributed by atoms with Gasteiger partial charge < -0.3 is 15.3 Å². The van der Waals surface area contributed by atoms with Gasteiger partial charge in [0.1, 0.15) is 10.6 Å². The number of anilines is 2. The van der Waals surface area contributed by atoms with Crippen LogP contribution < -0.4 is 10.2 Å². The molecule has 0 radical (unpaired) electrons. The van der Waals surface area contributed by atoms with Gasteiger partial charge in [-0.2, -0.15) is 4.98 Å². The van der Waals surface area contributed by atoms with E-state index < -0.39 is 0 Å². The first kappa shape index (κ1) is 13.0. The molecule has 6 heteroatoms. The number of rotatable bonds is 4. The van der Waals surface area contributed by atoms with Crippen LogP contribution in [-0.4, -0.2) is 41.3 Å². The van der Waals surface area contributed by atoms with Crippen LogP contribution in [0.25, 0.3) is 10.2 Å². The minimum atomic E-state index is -0.367. The van der Waals surface area contributed by atoms with Crippen LogP contribution in [0.2, 0.25) is 0 Å². The highest BCUT2D eigenvalue weighted by molar-refractivity contribution is 7.16. The van der Waals surface area contributed by atoms with E-state index in [1.165, 1.54) is 0 Å². The fraction of sp³-hybridized carbons (Fsp3) is 0.500. The molecule has 0 aliphatic carbocycles. The van der Waals surface area contributed by atoms with Gasteiger partial charge in [0.2, 0.25) is 5.95 Å². The van der Waals surface area contributed by atoms with Gasteiger partial charge in [-0.1, -0.05) is 0 Å². The standard InChI is InChI=1S/C12H18N4OS/c1-12(2,7-17)16(4)9-8-5-6-18-10(8)15-11(13-3)14-9/h5-6,17H,7H2,1-4H3,(H,13,14,15). The summed E-state index contributed by atoms with van der Waals surface area (Å²) in [6.07, 6.45) is 0. The minimum absolute atomic E-state index is 0.0635. The van der Waals surface area contributed by atoms with E-state index in [1.54, 1.807) is 18.4 Å². The van der Waals surface area contributed by atoms with E-state index in [4.69, 9.17) is 0 Å². The number of fused-ring (bicyclic) bond motifs is 1. The van der Waals surface area contributed by atoms with Crippen molar-refractivity contribution in [1.82, 2.24) is 9.97 Å². The Morgan fingerprint density at radius 1 is 1.44 bits per heavy atom. The Morgan fingerprint density at radius 2 is 2.17 bits per heavy atom. The van der Waals surface area contributed by atoms with Crippen molar-refractivity contribution < 1.29 is 5.11 Å². The van der Waals surface area contributed by atoms with Gasteiger partial charge in [0.25, 0.3) is 0 Å². The third kappa shape index (κ3) is 2.13. The molecule has 2 aromatic heterocycles. The highest BCUT2D eigenvalue weighted by atomic mass is 32.1. The van der Waals surface area contributed by atoms with Crippen LogP contribution >= 0.6 is 11.3 Å². The number of nitrogens with zero attached hydrogens (tertiary/aromatic N) is 3. The molecule has 0 atom stereocenters. The molecule has 0 spiro atoms. The number of aliphatic hydroxyl groups excluding tert-OH is 1. The maximum Gasteiger partial charge on any atom is 0.225 e. The Labute approximate surface area is 110 Å². The van der Waals surface area contributed by atoms with Gasteiger partial charge in [0, 0.05) is 14.1 Å². The molecule has 0 saturated heterocycles. The summed E-state index contributed by atoms with van der Waals surface area (Å²) in [5.74, 6) is 1.44. The van der Waals surface area contributed by atoms with E-state index >= 15 is 0 Å². The molecule has 5 nitrogen and oxygen atoms in total. The molecule has 0 saturated carbocycles. The summed E-state index contributed by atoms with van der Waals surface area (Å²) in [7, 11) is 3.74. The van der Waals surface area contributed by atoms with Crippen LogP contribution in [-0.2, 0) is 0 Å². The van der Waals surface area contributed by atoms with Crippen molar-refractivity contribution in [3.63, 3.8) is 0 Å². The van der Waals surface area contributed by atoms with Gasteiger partial charge in [0.15, 0.2) is 0 Å². The van der Waals surface area contributed by atoms with Crippen LogP contribution in [0.1, 0.15) is 13.8 Å². The fourth-order valence-corrected chi connectivity index (χ4v) is 2.36. The summed E-state index contributed by atoms with van der Waals surface area (Å²) < 4.78 is 0. The largest absolute Gasteiger partial charge is 0.394 e. The number of likely N-dealkylation sites (N-methyl/N-ethyl adjacent to an activating group) is 1. The predicted molar refractivity (Wildman–Crippen MR) is 76.5 cm³/mol. The molecule has 0 unspecified atom stereocenters.